The van der Waals surface area contributed by atoms with E-state index in [1.54, 1.807) is 37.3 Å². The summed E-state index contributed by atoms with van der Waals surface area (Å²) >= 11 is 0. The summed E-state index contributed by atoms with van der Waals surface area (Å²) in [5.41, 5.74) is 7.96. The zero-order valence-electron chi connectivity index (χ0n) is 11.6. The van der Waals surface area contributed by atoms with Gasteiger partial charge in [-0.15, -0.1) is 0 Å². The van der Waals surface area contributed by atoms with Crippen molar-refractivity contribution < 1.29 is 9.90 Å². The van der Waals surface area contributed by atoms with E-state index in [-0.39, 0.29) is 11.5 Å². The van der Waals surface area contributed by atoms with Gasteiger partial charge in [0.05, 0.1) is 5.56 Å². The van der Waals surface area contributed by atoms with Crippen molar-refractivity contribution in [1.82, 2.24) is 0 Å². The summed E-state index contributed by atoms with van der Waals surface area (Å²) in [4.78, 5) is 12.7. The van der Waals surface area contributed by atoms with Gasteiger partial charge in [0.15, 0.2) is 5.78 Å². The van der Waals surface area contributed by atoms with Gasteiger partial charge >= 0.3 is 0 Å². The maximum Gasteiger partial charge on any atom is 0.197 e. The number of carbonyl (C=O) groups is 1. The summed E-state index contributed by atoms with van der Waals surface area (Å²) in [5, 5.41) is 12.0. The van der Waals surface area contributed by atoms with Crippen LogP contribution in [0.15, 0.2) is 54.6 Å². The number of hydrogen-bond donors (Lipinski definition) is 2. The molecule has 0 heterocycles. The highest BCUT2D eigenvalue weighted by Gasteiger charge is 2.17. The second-order valence-corrected chi connectivity index (χ2v) is 5.07. The zero-order chi connectivity index (χ0) is 15.0. The summed E-state index contributed by atoms with van der Waals surface area (Å²) in [6, 6.07) is 16.2. The minimum atomic E-state index is -0.219. The fourth-order valence-corrected chi connectivity index (χ4v) is 2.45. The van der Waals surface area contributed by atoms with Crippen molar-refractivity contribution in [2.75, 3.05) is 5.73 Å². The van der Waals surface area contributed by atoms with E-state index in [9.17, 15) is 9.90 Å². The molecule has 0 aliphatic carbocycles. The van der Waals surface area contributed by atoms with Crippen LogP contribution in [-0.2, 0) is 0 Å². The van der Waals surface area contributed by atoms with E-state index in [4.69, 9.17) is 5.73 Å². The smallest absolute Gasteiger partial charge is 0.197 e. The number of benzene rings is 3. The second-order valence-electron chi connectivity index (χ2n) is 5.07. The molecule has 0 fully saturated rings. The molecule has 0 saturated heterocycles. The van der Waals surface area contributed by atoms with Crippen molar-refractivity contribution in [2.24, 2.45) is 0 Å². The van der Waals surface area contributed by atoms with Crippen molar-refractivity contribution in [3.63, 3.8) is 0 Å². The fourth-order valence-electron chi connectivity index (χ4n) is 2.45. The van der Waals surface area contributed by atoms with E-state index in [1.165, 1.54) is 0 Å². The third-order valence-electron chi connectivity index (χ3n) is 3.73. The van der Waals surface area contributed by atoms with Gasteiger partial charge in [-0.1, -0.05) is 36.4 Å². The first kappa shape index (κ1) is 13.2. The lowest BCUT2D eigenvalue weighted by Gasteiger charge is -2.10. The molecule has 3 N–H and O–H groups in total. The molecule has 0 unspecified atom stereocenters. The van der Waals surface area contributed by atoms with Gasteiger partial charge in [0.25, 0.3) is 0 Å². The van der Waals surface area contributed by atoms with Gasteiger partial charge in [-0.2, -0.15) is 0 Å². The highest BCUT2D eigenvalue weighted by Crippen LogP contribution is 2.28. The number of nitrogen functional groups attached to an aromatic ring is 1. The van der Waals surface area contributed by atoms with Gasteiger partial charge in [0, 0.05) is 11.3 Å². The molecule has 0 radical (unpaired) electrons. The number of hydrogen-bond acceptors (Lipinski definition) is 3. The zero-order valence-corrected chi connectivity index (χ0v) is 11.6. The molecule has 0 atom stereocenters. The predicted molar refractivity (Wildman–Crippen MR) is 84.6 cm³/mol. The highest BCUT2D eigenvalue weighted by atomic mass is 16.3. The topological polar surface area (TPSA) is 63.3 Å². The SMILES string of the molecule is Cc1c(N)cccc1C(=O)c1cc2ccccc2cc1O. The van der Waals surface area contributed by atoms with Crippen LogP contribution in [0.25, 0.3) is 10.8 Å². The van der Waals surface area contributed by atoms with Crippen LogP contribution in [0.3, 0.4) is 0 Å². The maximum atomic E-state index is 12.7. The molecule has 0 bridgehead atoms. The van der Waals surface area contributed by atoms with E-state index in [0.29, 0.717) is 16.8 Å². The van der Waals surface area contributed by atoms with Crippen LogP contribution < -0.4 is 5.73 Å². The van der Waals surface area contributed by atoms with Gasteiger partial charge in [-0.25, -0.2) is 0 Å². The van der Waals surface area contributed by atoms with E-state index < -0.39 is 0 Å². The number of nitrogens with two attached hydrogens (primary N) is 1. The lowest BCUT2D eigenvalue weighted by atomic mass is 9.95. The molecular formula is C18H15NO2. The quantitative estimate of drug-likeness (QED) is 0.555. The number of carbonyl (C=O) groups excluding carboxylic acids is 1. The Bertz CT molecular complexity index is 853. The Labute approximate surface area is 122 Å². The number of phenols is 1. The molecular weight excluding hydrogens is 262 g/mol. The Morgan fingerprint density at radius 1 is 0.952 bits per heavy atom. The van der Waals surface area contributed by atoms with E-state index >= 15 is 0 Å². The molecule has 3 aromatic rings. The first-order valence-corrected chi connectivity index (χ1v) is 6.69. The van der Waals surface area contributed by atoms with Crippen molar-refractivity contribution in [1.29, 1.82) is 0 Å². The van der Waals surface area contributed by atoms with Crippen molar-refractivity contribution in [2.45, 2.75) is 6.92 Å². The van der Waals surface area contributed by atoms with Gasteiger partial charge < -0.3 is 10.8 Å². The van der Waals surface area contributed by atoms with Gasteiger partial charge in [0.2, 0.25) is 0 Å². The minimum absolute atomic E-state index is 0.0134. The largest absolute Gasteiger partial charge is 0.507 e. The first-order valence-electron chi connectivity index (χ1n) is 6.69. The Hall–Kier alpha value is -2.81. The molecule has 0 spiro atoms. The first-order chi connectivity index (χ1) is 10.1. The Morgan fingerprint density at radius 3 is 2.33 bits per heavy atom. The molecule has 0 amide bonds. The molecule has 0 saturated carbocycles. The Kier molecular flexibility index (Phi) is 3.10. The molecule has 3 heteroatoms. The number of ketones is 1. The summed E-state index contributed by atoms with van der Waals surface area (Å²) in [5.74, 6) is -0.233. The number of rotatable bonds is 2. The van der Waals surface area contributed by atoms with Crippen molar-refractivity contribution >= 4 is 22.2 Å². The second kappa shape index (κ2) is 4.94. The van der Waals surface area contributed by atoms with E-state index in [2.05, 4.69) is 0 Å². The maximum absolute atomic E-state index is 12.7. The third-order valence-corrected chi connectivity index (χ3v) is 3.73. The molecule has 0 aromatic heterocycles. The average molecular weight is 277 g/mol. The van der Waals surface area contributed by atoms with Gasteiger partial charge in [0.1, 0.15) is 5.75 Å². The van der Waals surface area contributed by atoms with Crippen LogP contribution in [0, 0.1) is 6.92 Å². The molecule has 0 aliphatic rings. The Morgan fingerprint density at radius 2 is 1.62 bits per heavy atom. The molecule has 0 aliphatic heterocycles. The highest BCUT2D eigenvalue weighted by molar-refractivity contribution is 6.13. The minimum Gasteiger partial charge on any atom is -0.507 e. The molecule has 21 heavy (non-hydrogen) atoms. The average Bonchev–Trinajstić information content (AvgIpc) is 2.48. The van der Waals surface area contributed by atoms with Crippen LogP contribution in [0.5, 0.6) is 5.75 Å². The van der Waals surface area contributed by atoms with Crippen LogP contribution in [0.2, 0.25) is 0 Å². The summed E-state index contributed by atoms with van der Waals surface area (Å²) in [7, 11) is 0. The monoisotopic (exact) mass is 277 g/mol. The summed E-state index contributed by atoms with van der Waals surface area (Å²) in [6.07, 6.45) is 0. The number of anilines is 1. The van der Waals surface area contributed by atoms with Crippen LogP contribution in [-0.4, -0.2) is 10.9 Å². The Balaban J connectivity index is 2.17. The van der Waals surface area contributed by atoms with Gasteiger partial charge in [-0.05, 0) is 41.5 Å². The van der Waals surface area contributed by atoms with Gasteiger partial charge in [-0.3, -0.25) is 4.79 Å². The number of aromatic hydroxyl groups is 1. The predicted octanol–water partition coefficient (Wildman–Crippen LogP) is 3.67. The lowest BCUT2D eigenvalue weighted by molar-refractivity contribution is 0.103. The van der Waals surface area contributed by atoms with Crippen molar-refractivity contribution in [3.8, 4) is 5.75 Å². The van der Waals surface area contributed by atoms with Crippen molar-refractivity contribution in [3.05, 3.63) is 71.3 Å². The summed E-state index contributed by atoms with van der Waals surface area (Å²) < 4.78 is 0. The molecule has 3 aromatic carbocycles. The molecule has 3 nitrogen and oxygen atoms in total. The van der Waals surface area contributed by atoms with Crippen LogP contribution in [0.1, 0.15) is 21.5 Å². The van der Waals surface area contributed by atoms with Crippen LogP contribution in [0.4, 0.5) is 5.69 Å². The van der Waals surface area contributed by atoms with E-state index in [0.717, 1.165) is 16.3 Å². The number of phenolic OH excluding ortho intramolecular Hbond substituents is 1. The molecule has 3 rings (SSSR count). The third kappa shape index (κ3) is 2.23. The van der Waals surface area contributed by atoms with Crippen LogP contribution >= 0.6 is 0 Å². The standard InChI is InChI=1S/C18H15NO2/c1-11-14(7-4-8-16(11)19)18(21)15-9-12-5-2-3-6-13(12)10-17(15)20/h2-10,20H,19H2,1H3. The molecule has 104 valence electrons. The normalized spacial score (nSPS) is 10.7. The fraction of sp³-hybridized carbons (Fsp3) is 0.0556. The van der Waals surface area contributed by atoms with E-state index in [1.807, 2.05) is 24.3 Å². The number of fused-ring (bicyclic) bond motifs is 1. The summed E-state index contributed by atoms with van der Waals surface area (Å²) in [6.45, 7) is 1.81. The lowest BCUT2D eigenvalue weighted by Crippen LogP contribution is -2.06.